The van der Waals surface area contributed by atoms with Gasteiger partial charge >= 0.3 is 5.97 Å². The van der Waals surface area contributed by atoms with Gasteiger partial charge in [-0.15, -0.1) is 0 Å². The van der Waals surface area contributed by atoms with E-state index < -0.39 is 5.97 Å². The highest BCUT2D eigenvalue weighted by atomic mass is 32.2. The maximum Gasteiger partial charge on any atom is 0.339 e. The predicted octanol–water partition coefficient (Wildman–Crippen LogP) is 5.82. The minimum absolute atomic E-state index is 0.0335. The third-order valence-electron chi connectivity index (χ3n) is 5.11. The number of nitrogens with zero attached hydrogens (tertiary/aromatic N) is 2. The van der Waals surface area contributed by atoms with Crippen molar-refractivity contribution in [1.82, 2.24) is 0 Å². The number of hydrogen-bond acceptors (Lipinski definition) is 5. The molecule has 0 bridgehead atoms. The summed E-state index contributed by atoms with van der Waals surface area (Å²) in [6, 6.07) is 20.2. The Kier molecular flexibility index (Phi) is 6.33. The van der Waals surface area contributed by atoms with Crippen LogP contribution in [0.1, 0.15) is 27.0 Å². The quantitative estimate of drug-likeness (QED) is 0.488. The van der Waals surface area contributed by atoms with Crippen LogP contribution < -0.4 is 9.64 Å². The monoisotopic (exact) mass is 458 g/mol. The molecule has 1 saturated heterocycles. The minimum atomic E-state index is -1.10. The molecule has 4 rings (SSSR count). The van der Waals surface area contributed by atoms with E-state index in [-0.39, 0.29) is 17.2 Å². The van der Waals surface area contributed by atoms with Gasteiger partial charge in [-0.2, -0.15) is 0 Å². The highest BCUT2D eigenvalue weighted by Crippen LogP contribution is 2.37. The third kappa shape index (κ3) is 4.83. The lowest BCUT2D eigenvalue weighted by Crippen LogP contribution is -2.28. The maximum atomic E-state index is 13.4. The van der Waals surface area contributed by atoms with E-state index in [0.29, 0.717) is 21.3 Å². The molecular weight excluding hydrogens is 436 g/mol. The van der Waals surface area contributed by atoms with E-state index in [1.165, 1.54) is 24.9 Å². The lowest BCUT2D eigenvalue weighted by molar-refractivity contribution is -0.113. The van der Waals surface area contributed by atoms with Crippen molar-refractivity contribution in [2.24, 2.45) is 4.99 Å². The van der Waals surface area contributed by atoms with Crippen molar-refractivity contribution in [2.75, 3.05) is 12.0 Å². The number of thioether (sulfide) groups is 1. The normalized spacial score (nSPS) is 16.0. The smallest absolute Gasteiger partial charge is 0.339 e. The van der Waals surface area contributed by atoms with Crippen LogP contribution in [0.5, 0.6) is 5.75 Å². The van der Waals surface area contributed by atoms with Crippen LogP contribution in [0.4, 0.5) is 11.4 Å². The van der Waals surface area contributed by atoms with Crippen molar-refractivity contribution in [3.05, 3.63) is 93.9 Å². The van der Waals surface area contributed by atoms with Gasteiger partial charge in [-0.1, -0.05) is 41.5 Å². The number of aryl methyl sites for hydroxylation is 2. The Morgan fingerprint density at radius 3 is 2.24 bits per heavy atom. The average Bonchev–Trinajstić information content (AvgIpc) is 3.10. The molecule has 3 aromatic rings. The number of carboxylic acid groups (broad SMARTS) is 1. The number of carbonyl (C=O) groups excluding carboxylic acids is 1. The second-order valence-corrected chi connectivity index (χ2v) is 8.59. The van der Waals surface area contributed by atoms with Crippen LogP contribution in [0.3, 0.4) is 0 Å². The van der Waals surface area contributed by atoms with Crippen LogP contribution in [0.25, 0.3) is 6.08 Å². The van der Waals surface area contributed by atoms with Crippen molar-refractivity contribution < 1.29 is 19.4 Å². The Morgan fingerprint density at radius 1 is 1.00 bits per heavy atom. The highest BCUT2D eigenvalue weighted by Gasteiger charge is 2.34. The van der Waals surface area contributed by atoms with E-state index in [9.17, 15) is 14.7 Å². The molecule has 166 valence electrons. The van der Waals surface area contributed by atoms with Crippen LogP contribution >= 0.6 is 11.8 Å². The molecule has 1 aliphatic heterocycles. The van der Waals surface area contributed by atoms with Crippen molar-refractivity contribution >= 4 is 46.3 Å². The largest absolute Gasteiger partial charge is 0.496 e. The summed E-state index contributed by atoms with van der Waals surface area (Å²) in [6.45, 7) is 3.99. The lowest BCUT2D eigenvalue weighted by atomic mass is 10.1. The van der Waals surface area contributed by atoms with Crippen molar-refractivity contribution in [3.63, 3.8) is 0 Å². The van der Waals surface area contributed by atoms with Gasteiger partial charge in [0.1, 0.15) is 11.3 Å². The Labute approximate surface area is 196 Å². The molecule has 7 heteroatoms. The van der Waals surface area contributed by atoms with Crippen LogP contribution in [0, 0.1) is 13.8 Å². The number of hydrogen-bond donors (Lipinski definition) is 1. The number of rotatable bonds is 5. The summed E-state index contributed by atoms with van der Waals surface area (Å²) in [5.41, 5.74) is 4.29. The third-order valence-corrected chi connectivity index (χ3v) is 6.08. The first-order chi connectivity index (χ1) is 15.9. The zero-order chi connectivity index (χ0) is 23.5. The second-order valence-electron chi connectivity index (χ2n) is 7.58. The zero-order valence-electron chi connectivity index (χ0n) is 18.4. The van der Waals surface area contributed by atoms with Crippen LogP contribution in [0.2, 0.25) is 0 Å². The molecule has 0 aromatic heterocycles. The Bertz CT molecular complexity index is 1280. The number of carboxylic acids is 1. The fourth-order valence-corrected chi connectivity index (χ4v) is 4.33. The van der Waals surface area contributed by atoms with Gasteiger partial charge in [0.15, 0.2) is 5.17 Å². The SMILES string of the molecule is COc1ccc(/C=C2\SC(=Nc3ccc(C)cc3)N(c3ccc(C)cc3)C2=O)cc1C(=O)O. The van der Waals surface area contributed by atoms with Crippen molar-refractivity contribution in [1.29, 1.82) is 0 Å². The number of aliphatic imine (C=N–C) groups is 1. The molecule has 0 unspecified atom stereocenters. The van der Waals surface area contributed by atoms with E-state index in [1.54, 1.807) is 23.1 Å². The number of anilines is 1. The van der Waals surface area contributed by atoms with Gasteiger partial charge < -0.3 is 9.84 Å². The van der Waals surface area contributed by atoms with Gasteiger partial charge in [-0.05, 0) is 73.6 Å². The summed E-state index contributed by atoms with van der Waals surface area (Å²) >= 11 is 1.25. The van der Waals surface area contributed by atoms with Crippen molar-refractivity contribution in [3.8, 4) is 5.75 Å². The molecule has 0 atom stereocenters. The first-order valence-electron chi connectivity index (χ1n) is 10.2. The Hall–Kier alpha value is -3.84. The maximum absolute atomic E-state index is 13.4. The first-order valence-corrected chi connectivity index (χ1v) is 11.0. The number of benzene rings is 3. The Morgan fingerprint density at radius 2 is 1.64 bits per heavy atom. The predicted molar refractivity (Wildman–Crippen MR) is 132 cm³/mol. The standard InChI is InChI=1S/C26H22N2O4S/c1-16-4-9-19(10-5-16)27-26-28(20-11-6-17(2)7-12-20)24(29)23(33-26)15-18-8-13-22(32-3)21(14-18)25(30)31/h4-15H,1-3H3,(H,30,31)/b23-15-,27-26?. The summed E-state index contributed by atoms with van der Waals surface area (Å²) in [4.78, 5) is 31.7. The van der Waals surface area contributed by atoms with Gasteiger partial charge in [0.05, 0.1) is 23.4 Å². The molecule has 1 fully saturated rings. The molecule has 0 radical (unpaired) electrons. The number of methoxy groups -OCH3 is 1. The van der Waals surface area contributed by atoms with Crippen LogP contribution in [0.15, 0.2) is 76.6 Å². The number of carbonyl (C=O) groups is 2. The molecule has 1 amide bonds. The van der Waals surface area contributed by atoms with Crippen molar-refractivity contribution in [2.45, 2.75) is 13.8 Å². The van der Waals surface area contributed by atoms with Crippen LogP contribution in [-0.2, 0) is 4.79 Å². The average molecular weight is 459 g/mol. The topological polar surface area (TPSA) is 79.2 Å². The lowest BCUT2D eigenvalue weighted by Gasteiger charge is -2.16. The molecule has 3 aromatic carbocycles. The summed E-state index contributed by atoms with van der Waals surface area (Å²) in [6.07, 6.45) is 1.68. The summed E-state index contributed by atoms with van der Waals surface area (Å²) in [5, 5.41) is 10.0. The highest BCUT2D eigenvalue weighted by molar-refractivity contribution is 8.19. The number of aromatic carboxylic acids is 1. The van der Waals surface area contributed by atoms with Gasteiger partial charge in [0.25, 0.3) is 5.91 Å². The van der Waals surface area contributed by atoms with E-state index in [4.69, 9.17) is 9.73 Å². The molecule has 6 nitrogen and oxygen atoms in total. The minimum Gasteiger partial charge on any atom is -0.496 e. The molecule has 1 aliphatic rings. The van der Waals surface area contributed by atoms with E-state index >= 15 is 0 Å². The van der Waals surface area contributed by atoms with E-state index in [2.05, 4.69) is 0 Å². The van der Waals surface area contributed by atoms with E-state index in [0.717, 1.165) is 16.8 Å². The second kappa shape index (κ2) is 9.34. The van der Waals surface area contributed by atoms with Gasteiger partial charge in [-0.3, -0.25) is 9.69 Å². The number of amidine groups is 1. The molecule has 0 aliphatic carbocycles. The van der Waals surface area contributed by atoms with E-state index in [1.807, 2.05) is 62.4 Å². The number of ether oxygens (including phenoxy) is 1. The summed E-state index contributed by atoms with van der Waals surface area (Å²) in [5.74, 6) is -1.05. The fraction of sp³-hybridized carbons (Fsp3) is 0.115. The molecule has 1 heterocycles. The van der Waals surface area contributed by atoms with Gasteiger partial charge in [-0.25, -0.2) is 9.79 Å². The molecule has 0 spiro atoms. The molecule has 1 N–H and O–H groups in total. The fourth-order valence-electron chi connectivity index (χ4n) is 3.33. The summed E-state index contributed by atoms with van der Waals surface area (Å²) in [7, 11) is 1.42. The summed E-state index contributed by atoms with van der Waals surface area (Å²) < 4.78 is 5.13. The molecular formula is C26H22N2O4S. The van der Waals surface area contributed by atoms with Gasteiger partial charge in [0, 0.05) is 0 Å². The number of amides is 1. The molecule has 33 heavy (non-hydrogen) atoms. The zero-order valence-corrected chi connectivity index (χ0v) is 19.2. The Balaban J connectivity index is 1.77. The van der Waals surface area contributed by atoms with Crippen LogP contribution in [-0.4, -0.2) is 29.3 Å². The van der Waals surface area contributed by atoms with Gasteiger partial charge in [0.2, 0.25) is 0 Å². The molecule has 0 saturated carbocycles. The first kappa shape index (κ1) is 22.4.